The fraction of sp³-hybridized carbons (Fsp3) is 0.769. The number of imidazole rings is 1. The zero-order valence-corrected chi connectivity index (χ0v) is 11.0. The molecule has 1 aliphatic heterocycles. The van der Waals surface area contributed by atoms with Gasteiger partial charge in [0, 0.05) is 38.1 Å². The molecule has 4 heteroatoms. The summed E-state index contributed by atoms with van der Waals surface area (Å²) in [4.78, 5) is 6.94. The Labute approximate surface area is 104 Å². The highest BCUT2D eigenvalue weighted by Crippen LogP contribution is 2.25. The maximum Gasteiger partial charge on any atom is 0.203 e. The lowest BCUT2D eigenvalue weighted by Gasteiger charge is -2.32. The third kappa shape index (κ3) is 3.00. The number of rotatable bonds is 5. The normalized spacial score (nSPS) is 18.5. The summed E-state index contributed by atoms with van der Waals surface area (Å²) >= 11 is 0. The van der Waals surface area contributed by atoms with Crippen LogP contribution in [0, 0.1) is 0 Å². The van der Waals surface area contributed by atoms with Gasteiger partial charge in [-0.25, -0.2) is 4.98 Å². The smallest absolute Gasteiger partial charge is 0.203 e. The van der Waals surface area contributed by atoms with Crippen LogP contribution in [0.25, 0.3) is 0 Å². The van der Waals surface area contributed by atoms with Gasteiger partial charge in [0.05, 0.1) is 0 Å². The molecule has 96 valence electrons. The molecule has 1 saturated heterocycles. The minimum absolute atomic E-state index is 0.625. The van der Waals surface area contributed by atoms with Gasteiger partial charge < -0.3 is 14.8 Å². The van der Waals surface area contributed by atoms with E-state index in [0.717, 1.165) is 12.5 Å². The van der Waals surface area contributed by atoms with Crippen LogP contribution in [-0.4, -0.2) is 40.6 Å². The number of hydrogen-bond donors (Lipinski definition) is 1. The molecule has 0 aliphatic carbocycles. The summed E-state index contributed by atoms with van der Waals surface area (Å²) in [5.41, 5.74) is 0. The summed E-state index contributed by atoms with van der Waals surface area (Å²) in [7, 11) is 0. The first-order valence-corrected chi connectivity index (χ1v) is 6.84. The molecular weight excluding hydrogens is 212 g/mol. The van der Waals surface area contributed by atoms with Gasteiger partial charge >= 0.3 is 0 Å². The van der Waals surface area contributed by atoms with Crippen LogP contribution in [0.5, 0.6) is 0 Å². The quantitative estimate of drug-likeness (QED) is 0.852. The predicted octanol–water partition coefficient (Wildman–Crippen LogP) is 2.36. The van der Waals surface area contributed by atoms with E-state index in [4.69, 9.17) is 0 Å². The number of aromatic nitrogens is 2. The Kier molecular flexibility index (Phi) is 4.42. The van der Waals surface area contributed by atoms with Crippen molar-refractivity contribution >= 4 is 5.95 Å². The third-order valence-corrected chi connectivity index (χ3v) is 3.49. The second-order valence-corrected chi connectivity index (χ2v) is 4.76. The van der Waals surface area contributed by atoms with Crippen molar-refractivity contribution in [3.63, 3.8) is 0 Å². The predicted molar refractivity (Wildman–Crippen MR) is 71.4 cm³/mol. The lowest BCUT2D eigenvalue weighted by molar-refractivity contribution is 0.187. The van der Waals surface area contributed by atoms with Gasteiger partial charge in [0.15, 0.2) is 0 Å². The standard InChI is InChI=1S/C13H24N4/c1-3-8-16-9-5-12(6-10-16)17-11-7-15-13(17)14-4-2/h7,11-12H,3-6,8-10H2,1-2H3,(H,14,15). The van der Waals surface area contributed by atoms with Crippen LogP contribution in [0.4, 0.5) is 5.95 Å². The van der Waals surface area contributed by atoms with Crippen molar-refractivity contribution in [3.05, 3.63) is 12.4 Å². The zero-order chi connectivity index (χ0) is 12.1. The first kappa shape index (κ1) is 12.4. The summed E-state index contributed by atoms with van der Waals surface area (Å²) in [6.45, 7) is 9.00. The van der Waals surface area contributed by atoms with Crippen molar-refractivity contribution in [3.8, 4) is 0 Å². The summed E-state index contributed by atoms with van der Waals surface area (Å²) in [6.07, 6.45) is 7.76. The molecule has 1 aromatic heterocycles. The van der Waals surface area contributed by atoms with Gasteiger partial charge in [0.25, 0.3) is 0 Å². The number of nitrogens with one attached hydrogen (secondary N) is 1. The van der Waals surface area contributed by atoms with Gasteiger partial charge in [-0.3, -0.25) is 0 Å². The first-order chi connectivity index (χ1) is 8.35. The summed E-state index contributed by atoms with van der Waals surface area (Å²) < 4.78 is 2.31. The molecule has 0 unspecified atom stereocenters. The molecule has 0 radical (unpaired) electrons. The van der Waals surface area contributed by atoms with Gasteiger partial charge in [-0.15, -0.1) is 0 Å². The van der Waals surface area contributed by atoms with Crippen molar-refractivity contribution in [2.75, 3.05) is 31.5 Å². The first-order valence-electron chi connectivity index (χ1n) is 6.84. The molecule has 1 fully saturated rings. The van der Waals surface area contributed by atoms with Gasteiger partial charge in [-0.2, -0.15) is 0 Å². The van der Waals surface area contributed by atoms with E-state index in [2.05, 4.69) is 39.8 Å². The van der Waals surface area contributed by atoms with Crippen molar-refractivity contribution in [2.45, 2.75) is 39.2 Å². The number of piperidine rings is 1. The maximum absolute atomic E-state index is 4.37. The van der Waals surface area contributed by atoms with Crippen LogP contribution in [0.1, 0.15) is 39.2 Å². The Hall–Kier alpha value is -1.03. The summed E-state index contributed by atoms with van der Waals surface area (Å²) in [5.74, 6) is 1.03. The highest BCUT2D eigenvalue weighted by Gasteiger charge is 2.21. The topological polar surface area (TPSA) is 33.1 Å². The third-order valence-electron chi connectivity index (χ3n) is 3.49. The van der Waals surface area contributed by atoms with E-state index in [-0.39, 0.29) is 0 Å². The molecule has 1 aromatic rings. The van der Waals surface area contributed by atoms with Gasteiger partial charge in [0.1, 0.15) is 0 Å². The van der Waals surface area contributed by atoms with Crippen LogP contribution in [0.3, 0.4) is 0 Å². The SMILES string of the molecule is CCCN1CCC(n2ccnc2NCC)CC1. The van der Waals surface area contributed by atoms with Crippen LogP contribution >= 0.6 is 0 Å². The van der Waals surface area contributed by atoms with Crippen molar-refractivity contribution < 1.29 is 0 Å². The Balaban J connectivity index is 1.93. The Morgan fingerprint density at radius 3 is 2.76 bits per heavy atom. The number of anilines is 1. The fourth-order valence-corrected chi connectivity index (χ4v) is 2.64. The van der Waals surface area contributed by atoms with Crippen molar-refractivity contribution in [1.82, 2.24) is 14.5 Å². The van der Waals surface area contributed by atoms with Crippen LogP contribution in [0.15, 0.2) is 12.4 Å². The highest BCUT2D eigenvalue weighted by atomic mass is 15.2. The molecule has 17 heavy (non-hydrogen) atoms. The van der Waals surface area contributed by atoms with Crippen molar-refractivity contribution in [2.24, 2.45) is 0 Å². The maximum atomic E-state index is 4.37. The molecule has 2 heterocycles. The molecule has 0 amide bonds. The average Bonchev–Trinajstić information content (AvgIpc) is 2.79. The zero-order valence-electron chi connectivity index (χ0n) is 11.0. The Bertz CT molecular complexity index is 326. The second kappa shape index (κ2) is 6.05. The van der Waals surface area contributed by atoms with E-state index in [1.807, 2.05) is 6.20 Å². The summed E-state index contributed by atoms with van der Waals surface area (Å²) in [5, 5.41) is 3.33. The molecule has 0 aromatic carbocycles. The van der Waals surface area contributed by atoms with E-state index in [1.54, 1.807) is 0 Å². The molecule has 0 bridgehead atoms. The van der Waals surface area contributed by atoms with E-state index in [0.29, 0.717) is 6.04 Å². The monoisotopic (exact) mass is 236 g/mol. The molecule has 0 saturated carbocycles. The summed E-state index contributed by atoms with van der Waals surface area (Å²) in [6, 6.07) is 0.625. The minimum atomic E-state index is 0.625. The molecule has 1 N–H and O–H groups in total. The van der Waals surface area contributed by atoms with Crippen LogP contribution < -0.4 is 5.32 Å². The molecule has 2 rings (SSSR count). The lowest BCUT2D eigenvalue weighted by atomic mass is 10.0. The highest BCUT2D eigenvalue weighted by molar-refractivity contribution is 5.26. The van der Waals surface area contributed by atoms with Gasteiger partial charge in [-0.1, -0.05) is 6.92 Å². The lowest BCUT2D eigenvalue weighted by Crippen LogP contribution is -2.35. The van der Waals surface area contributed by atoms with E-state index < -0.39 is 0 Å². The van der Waals surface area contributed by atoms with E-state index >= 15 is 0 Å². The van der Waals surface area contributed by atoms with Crippen LogP contribution in [0.2, 0.25) is 0 Å². The van der Waals surface area contributed by atoms with Gasteiger partial charge in [-0.05, 0) is 32.7 Å². The van der Waals surface area contributed by atoms with Crippen molar-refractivity contribution in [1.29, 1.82) is 0 Å². The van der Waals surface area contributed by atoms with E-state index in [1.165, 1.54) is 38.9 Å². The fourth-order valence-electron chi connectivity index (χ4n) is 2.64. The minimum Gasteiger partial charge on any atom is -0.356 e. The number of hydrogen-bond acceptors (Lipinski definition) is 3. The number of likely N-dealkylation sites (tertiary alicyclic amines) is 1. The Morgan fingerprint density at radius 1 is 1.35 bits per heavy atom. The molecule has 0 atom stereocenters. The van der Waals surface area contributed by atoms with Crippen LogP contribution in [-0.2, 0) is 0 Å². The molecule has 1 aliphatic rings. The molecular formula is C13H24N4. The number of nitrogens with zero attached hydrogens (tertiary/aromatic N) is 3. The average molecular weight is 236 g/mol. The Morgan fingerprint density at radius 2 is 2.12 bits per heavy atom. The second-order valence-electron chi connectivity index (χ2n) is 4.76. The van der Waals surface area contributed by atoms with E-state index in [9.17, 15) is 0 Å². The van der Waals surface area contributed by atoms with Gasteiger partial charge in [0.2, 0.25) is 5.95 Å². The largest absolute Gasteiger partial charge is 0.356 e. The molecule has 0 spiro atoms. The molecule has 4 nitrogen and oxygen atoms in total.